The molecule has 44 heavy (non-hydrogen) atoms. The monoisotopic (exact) mass is 621 g/mol. The molecule has 1 amide bonds. The highest BCUT2D eigenvalue weighted by atomic mass is 35.5. The number of hydrogen-bond donors (Lipinski definition) is 1. The molecule has 0 fully saturated rings. The van der Waals surface area contributed by atoms with Crippen LogP contribution in [-0.4, -0.2) is 33.3 Å². The van der Waals surface area contributed by atoms with Crippen LogP contribution < -0.4 is 15.6 Å². The number of amides is 1. The van der Waals surface area contributed by atoms with Gasteiger partial charge < -0.3 is 10.1 Å². The fourth-order valence-electron chi connectivity index (χ4n) is 4.22. The molecule has 4 aromatic carbocycles. The average Bonchev–Trinajstić information content (AvgIpc) is 2.99. The molecule has 222 valence electrons. The average molecular weight is 622 g/mol. The molecule has 0 saturated carbocycles. The van der Waals surface area contributed by atoms with Crippen molar-refractivity contribution in [1.82, 2.24) is 9.66 Å². The maximum absolute atomic E-state index is 13.5. The number of fused-ring (bicyclic) bond motifs is 1. The Hall–Kier alpha value is -5.56. The van der Waals surface area contributed by atoms with Crippen LogP contribution in [0.25, 0.3) is 22.3 Å². The lowest BCUT2D eigenvalue weighted by Gasteiger charge is -2.13. The third-order valence-corrected chi connectivity index (χ3v) is 6.40. The Morgan fingerprint density at radius 1 is 1.05 bits per heavy atom. The number of carbonyl (C=O) groups excluding carboxylic acids is 1. The number of nitro groups is 1. The van der Waals surface area contributed by atoms with Crippen LogP contribution in [0.3, 0.4) is 0 Å². The zero-order chi connectivity index (χ0) is 31.4. The van der Waals surface area contributed by atoms with Crippen molar-refractivity contribution in [3.8, 4) is 17.1 Å². The molecule has 5 rings (SSSR count). The third-order valence-electron chi connectivity index (χ3n) is 6.18. The van der Waals surface area contributed by atoms with Crippen LogP contribution in [0.1, 0.15) is 11.1 Å². The molecule has 0 bridgehead atoms. The van der Waals surface area contributed by atoms with E-state index in [1.807, 2.05) is 0 Å². The lowest BCUT2D eigenvalue weighted by molar-refractivity contribution is -0.385. The minimum absolute atomic E-state index is 0.0639. The number of aromatic nitrogens is 2. The first-order chi connectivity index (χ1) is 21.0. The summed E-state index contributed by atoms with van der Waals surface area (Å²) in [5.74, 6) is -1.23. The molecule has 0 saturated heterocycles. The number of hydrogen-bond acceptors (Lipinski definition) is 7. The van der Waals surface area contributed by atoms with Crippen molar-refractivity contribution in [2.75, 3.05) is 11.9 Å². The van der Waals surface area contributed by atoms with Crippen molar-refractivity contribution in [3.05, 3.63) is 128 Å². The molecule has 0 spiro atoms. The Bertz CT molecular complexity index is 1980. The normalized spacial score (nSPS) is 11.5. The zero-order valence-electron chi connectivity index (χ0n) is 22.3. The van der Waals surface area contributed by atoms with Gasteiger partial charge in [0.2, 0.25) is 5.75 Å². The number of nitrogens with one attached hydrogen (secondary N) is 1. The van der Waals surface area contributed by atoms with E-state index >= 15 is 0 Å². The Kier molecular flexibility index (Phi) is 8.40. The van der Waals surface area contributed by atoms with Gasteiger partial charge in [-0.15, -0.1) is 0 Å². The molecule has 14 heteroatoms. The molecule has 10 nitrogen and oxygen atoms in total. The Morgan fingerprint density at radius 3 is 2.50 bits per heavy atom. The van der Waals surface area contributed by atoms with Gasteiger partial charge in [0.05, 0.1) is 27.6 Å². The van der Waals surface area contributed by atoms with Crippen molar-refractivity contribution in [1.29, 1.82) is 0 Å². The van der Waals surface area contributed by atoms with Crippen LogP contribution in [0.5, 0.6) is 5.75 Å². The first-order valence-corrected chi connectivity index (χ1v) is 13.1. The maximum atomic E-state index is 13.5. The second-order valence-corrected chi connectivity index (χ2v) is 9.63. The molecule has 0 atom stereocenters. The number of nitrogens with zero attached hydrogens (tertiary/aromatic N) is 4. The van der Waals surface area contributed by atoms with Crippen LogP contribution in [0, 0.1) is 10.1 Å². The number of nitro benzene ring substituents is 1. The van der Waals surface area contributed by atoms with E-state index in [4.69, 9.17) is 16.3 Å². The molecule has 0 aliphatic carbocycles. The number of para-hydroxylation sites is 2. The summed E-state index contributed by atoms with van der Waals surface area (Å²) in [6.45, 7) is -0.634. The summed E-state index contributed by atoms with van der Waals surface area (Å²) >= 11 is 6.13. The minimum atomic E-state index is -4.67. The Labute approximate surface area is 251 Å². The van der Waals surface area contributed by atoms with Gasteiger partial charge in [0.15, 0.2) is 12.4 Å². The number of anilines is 1. The van der Waals surface area contributed by atoms with Gasteiger partial charge in [0.25, 0.3) is 11.5 Å². The third kappa shape index (κ3) is 6.57. The summed E-state index contributed by atoms with van der Waals surface area (Å²) in [7, 11) is 0. The van der Waals surface area contributed by atoms with Crippen molar-refractivity contribution in [2.24, 2.45) is 5.10 Å². The van der Waals surface area contributed by atoms with Gasteiger partial charge in [-0.05, 0) is 42.5 Å². The van der Waals surface area contributed by atoms with E-state index in [1.54, 1.807) is 42.5 Å². The van der Waals surface area contributed by atoms with Crippen molar-refractivity contribution < 1.29 is 27.6 Å². The lowest BCUT2D eigenvalue weighted by Crippen LogP contribution is -2.21. The van der Waals surface area contributed by atoms with Gasteiger partial charge in [0.1, 0.15) is 0 Å². The second-order valence-electron chi connectivity index (χ2n) is 9.20. The molecule has 1 N–H and O–H groups in total. The number of halogens is 4. The van der Waals surface area contributed by atoms with Gasteiger partial charge in [-0.1, -0.05) is 54.1 Å². The molecular weight excluding hydrogens is 603 g/mol. The minimum Gasteiger partial charge on any atom is -0.476 e. The largest absolute Gasteiger partial charge is 0.476 e. The van der Waals surface area contributed by atoms with Gasteiger partial charge in [-0.3, -0.25) is 19.7 Å². The standard InChI is InChI=1S/C30H19ClF3N5O5/c31-21-14-19(27(25(15-21)39(42)43)44-17-26(40)36-22-9-2-1-3-10-22)16-35-38-28(18-7-6-8-20(13-18)30(32,33)34)37-24-12-5-4-11-23(24)29(38)41/h1-16H,17H2,(H,36,40). The van der Waals surface area contributed by atoms with E-state index in [2.05, 4.69) is 15.4 Å². The molecular formula is C30H19ClF3N5O5. The first kappa shape index (κ1) is 29.9. The van der Waals surface area contributed by atoms with E-state index in [1.165, 1.54) is 30.3 Å². The van der Waals surface area contributed by atoms with Crippen LogP contribution in [-0.2, 0) is 11.0 Å². The van der Waals surface area contributed by atoms with Crippen LogP contribution in [0.15, 0.2) is 101 Å². The van der Waals surface area contributed by atoms with Crippen LogP contribution in [0.4, 0.5) is 24.5 Å². The van der Waals surface area contributed by atoms with Gasteiger partial charge in [-0.2, -0.15) is 22.9 Å². The van der Waals surface area contributed by atoms with E-state index in [9.17, 15) is 32.9 Å². The second kappa shape index (κ2) is 12.4. The highest BCUT2D eigenvalue weighted by Gasteiger charge is 2.31. The molecule has 1 heterocycles. The smallest absolute Gasteiger partial charge is 0.416 e. The Balaban J connectivity index is 1.59. The van der Waals surface area contributed by atoms with E-state index in [0.29, 0.717) is 5.69 Å². The van der Waals surface area contributed by atoms with E-state index in [0.717, 1.165) is 29.1 Å². The van der Waals surface area contributed by atoms with Gasteiger partial charge in [-0.25, -0.2) is 4.98 Å². The number of ether oxygens (including phenoxy) is 1. The highest BCUT2D eigenvalue weighted by Crippen LogP contribution is 2.34. The molecule has 0 aliphatic rings. The SMILES string of the molecule is O=C(COc1c(C=Nn2c(-c3cccc(C(F)(F)F)c3)nc3ccccc3c2=O)cc(Cl)cc1[N+](=O)[O-])Nc1ccccc1. The number of carbonyl (C=O) groups is 1. The fraction of sp³-hybridized carbons (Fsp3) is 0.0667. The summed E-state index contributed by atoms with van der Waals surface area (Å²) < 4.78 is 46.8. The quantitative estimate of drug-likeness (QED) is 0.119. The summed E-state index contributed by atoms with van der Waals surface area (Å²) in [6, 6.07) is 21.1. The molecule has 0 radical (unpaired) electrons. The Morgan fingerprint density at radius 2 is 1.77 bits per heavy atom. The van der Waals surface area contributed by atoms with Gasteiger partial charge >= 0.3 is 11.9 Å². The predicted molar refractivity (Wildman–Crippen MR) is 158 cm³/mol. The summed E-state index contributed by atoms with van der Waals surface area (Å²) in [5, 5.41) is 18.6. The molecule has 1 aromatic heterocycles. The van der Waals surface area contributed by atoms with Crippen molar-refractivity contribution in [2.45, 2.75) is 6.18 Å². The number of rotatable bonds is 8. The fourth-order valence-corrected chi connectivity index (χ4v) is 4.44. The van der Waals surface area contributed by atoms with Gasteiger partial charge in [0, 0.05) is 27.9 Å². The topological polar surface area (TPSA) is 129 Å². The lowest BCUT2D eigenvalue weighted by atomic mass is 10.1. The highest BCUT2D eigenvalue weighted by molar-refractivity contribution is 6.31. The molecule has 0 unspecified atom stereocenters. The van der Waals surface area contributed by atoms with Crippen molar-refractivity contribution in [3.63, 3.8) is 0 Å². The summed E-state index contributed by atoms with van der Waals surface area (Å²) in [6.07, 6.45) is -3.65. The summed E-state index contributed by atoms with van der Waals surface area (Å²) in [4.78, 5) is 41.5. The van der Waals surface area contributed by atoms with E-state index in [-0.39, 0.29) is 38.6 Å². The molecule has 5 aromatic rings. The van der Waals surface area contributed by atoms with E-state index < -0.39 is 40.4 Å². The number of benzene rings is 4. The van der Waals surface area contributed by atoms with Crippen LogP contribution >= 0.6 is 11.6 Å². The van der Waals surface area contributed by atoms with Crippen molar-refractivity contribution >= 4 is 46.0 Å². The molecule has 0 aliphatic heterocycles. The van der Waals surface area contributed by atoms with Crippen LogP contribution in [0.2, 0.25) is 5.02 Å². The maximum Gasteiger partial charge on any atom is 0.416 e. The first-order valence-electron chi connectivity index (χ1n) is 12.7. The number of alkyl halides is 3. The summed E-state index contributed by atoms with van der Waals surface area (Å²) in [5.41, 5.74) is -1.75. The zero-order valence-corrected chi connectivity index (χ0v) is 23.0. The predicted octanol–water partition coefficient (Wildman–Crippen LogP) is 6.54.